The zero-order chi connectivity index (χ0) is 16.2. The van der Waals surface area contributed by atoms with Crippen LogP contribution in [0.15, 0.2) is 29.6 Å². The summed E-state index contributed by atoms with van der Waals surface area (Å²) < 4.78 is 0. The molecule has 1 aromatic heterocycles. The van der Waals surface area contributed by atoms with Crippen molar-refractivity contribution in [2.75, 3.05) is 13.1 Å². The van der Waals surface area contributed by atoms with E-state index in [0.29, 0.717) is 6.54 Å². The van der Waals surface area contributed by atoms with E-state index in [-0.39, 0.29) is 11.9 Å². The fourth-order valence-corrected chi connectivity index (χ4v) is 3.69. The molecule has 0 saturated heterocycles. The van der Waals surface area contributed by atoms with Gasteiger partial charge in [-0.3, -0.25) is 4.79 Å². The second-order valence-electron chi connectivity index (χ2n) is 5.96. The minimum Gasteiger partial charge on any atom is -0.337 e. The summed E-state index contributed by atoms with van der Waals surface area (Å²) >= 11 is 1.69. The monoisotopic (exact) mass is 329 g/mol. The van der Waals surface area contributed by atoms with Crippen molar-refractivity contribution in [3.8, 4) is 0 Å². The van der Waals surface area contributed by atoms with Crippen molar-refractivity contribution in [1.82, 2.24) is 15.2 Å². The summed E-state index contributed by atoms with van der Waals surface area (Å²) in [5.41, 5.74) is 3.67. The molecule has 23 heavy (non-hydrogen) atoms. The Labute approximate surface area is 141 Å². The molecule has 0 aliphatic carbocycles. The van der Waals surface area contributed by atoms with Crippen molar-refractivity contribution >= 4 is 17.2 Å². The van der Waals surface area contributed by atoms with Crippen LogP contribution in [0.3, 0.4) is 0 Å². The molecule has 0 spiro atoms. The number of hydrogen-bond donors (Lipinski definition) is 1. The summed E-state index contributed by atoms with van der Waals surface area (Å²) in [5, 5.41) is 6.54. The van der Waals surface area contributed by atoms with Gasteiger partial charge >= 0.3 is 0 Å². The van der Waals surface area contributed by atoms with Crippen molar-refractivity contribution in [3.05, 3.63) is 51.5 Å². The van der Waals surface area contributed by atoms with E-state index in [1.165, 1.54) is 11.1 Å². The van der Waals surface area contributed by atoms with Crippen LogP contribution in [0.2, 0.25) is 0 Å². The van der Waals surface area contributed by atoms with Gasteiger partial charge in [0.25, 0.3) is 0 Å². The van der Waals surface area contributed by atoms with Gasteiger partial charge in [0.2, 0.25) is 5.91 Å². The number of amides is 1. The molecule has 1 aliphatic heterocycles. The average molecular weight is 329 g/mol. The average Bonchev–Trinajstić information content (AvgIpc) is 3.08. The Balaban J connectivity index is 1.53. The highest BCUT2D eigenvalue weighted by Gasteiger charge is 2.20. The van der Waals surface area contributed by atoms with Crippen LogP contribution >= 0.6 is 11.3 Å². The summed E-state index contributed by atoms with van der Waals surface area (Å²) in [6.45, 7) is 6.07. The lowest BCUT2D eigenvalue weighted by molar-refractivity contribution is -0.131. The number of hydrogen-bond acceptors (Lipinski definition) is 4. The molecule has 1 N–H and O–H groups in total. The highest BCUT2D eigenvalue weighted by molar-refractivity contribution is 7.09. The maximum absolute atomic E-state index is 12.5. The van der Waals surface area contributed by atoms with Gasteiger partial charge < -0.3 is 10.2 Å². The molecule has 3 rings (SSSR count). The summed E-state index contributed by atoms with van der Waals surface area (Å²) in [6, 6.07) is 8.49. The van der Waals surface area contributed by atoms with E-state index < -0.39 is 0 Å². The van der Waals surface area contributed by atoms with Crippen LogP contribution in [0, 0.1) is 0 Å². The minimum absolute atomic E-state index is 0.104. The predicted molar refractivity (Wildman–Crippen MR) is 93.5 cm³/mol. The number of nitrogens with one attached hydrogen (secondary N) is 1. The van der Waals surface area contributed by atoms with E-state index in [0.717, 1.165) is 36.6 Å². The van der Waals surface area contributed by atoms with Gasteiger partial charge in [-0.05, 0) is 30.9 Å². The number of nitrogens with zero attached hydrogens (tertiary/aromatic N) is 2. The van der Waals surface area contributed by atoms with Crippen molar-refractivity contribution in [1.29, 1.82) is 0 Å². The van der Waals surface area contributed by atoms with Gasteiger partial charge in [0.15, 0.2) is 0 Å². The van der Waals surface area contributed by atoms with E-state index in [4.69, 9.17) is 0 Å². The second-order valence-corrected chi connectivity index (χ2v) is 6.90. The molecule has 0 unspecified atom stereocenters. The van der Waals surface area contributed by atoms with Crippen LogP contribution < -0.4 is 5.32 Å². The van der Waals surface area contributed by atoms with Crippen LogP contribution in [0.1, 0.15) is 41.7 Å². The molecule has 4 nitrogen and oxygen atoms in total. The molecule has 2 heterocycles. The maximum atomic E-state index is 12.5. The van der Waals surface area contributed by atoms with Crippen molar-refractivity contribution in [2.24, 2.45) is 0 Å². The first kappa shape index (κ1) is 16.1. The highest BCUT2D eigenvalue weighted by Crippen LogP contribution is 2.19. The number of carbonyl (C=O) groups excluding carboxylic acids is 1. The summed E-state index contributed by atoms with van der Waals surface area (Å²) in [6.07, 6.45) is 1.91. The van der Waals surface area contributed by atoms with E-state index in [9.17, 15) is 4.79 Å². The number of carbonyl (C=O) groups is 1. The van der Waals surface area contributed by atoms with Gasteiger partial charge in [-0.15, -0.1) is 11.3 Å². The SMILES string of the molecule is CCc1nc([C@@H](C)NCC(=O)N2CCc3ccccc3C2)cs1. The van der Waals surface area contributed by atoms with Gasteiger partial charge in [-0.2, -0.15) is 0 Å². The van der Waals surface area contributed by atoms with E-state index in [1.807, 2.05) is 11.0 Å². The molecule has 0 radical (unpaired) electrons. The summed E-state index contributed by atoms with van der Waals surface area (Å²) in [4.78, 5) is 19.0. The van der Waals surface area contributed by atoms with Crippen LogP contribution in [-0.2, 0) is 24.2 Å². The standard InChI is InChI=1S/C18H23N3OS/c1-3-17-20-16(12-23-17)13(2)19-10-18(22)21-9-8-14-6-4-5-7-15(14)11-21/h4-7,12-13,19H,3,8-11H2,1-2H3/t13-/m1/s1. The lowest BCUT2D eigenvalue weighted by Gasteiger charge is -2.29. The van der Waals surface area contributed by atoms with Crippen molar-refractivity contribution in [2.45, 2.75) is 39.3 Å². The number of aryl methyl sites for hydroxylation is 1. The largest absolute Gasteiger partial charge is 0.337 e. The van der Waals surface area contributed by atoms with E-state index in [1.54, 1.807) is 11.3 Å². The van der Waals surface area contributed by atoms with Crippen LogP contribution in [0.5, 0.6) is 0 Å². The van der Waals surface area contributed by atoms with E-state index in [2.05, 4.69) is 47.7 Å². The quantitative estimate of drug-likeness (QED) is 0.917. The lowest BCUT2D eigenvalue weighted by Crippen LogP contribution is -2.41. The molecule has 122 valence electrons. The third kappa shape index (κ3) is 3.79. The number of fused-ring (bicyclic) bond motifs is 1. The highest BCUT2D eigenvalue weighted by atomic mass is 32.1. The number of rotatable bonds is 5. The van der Waals surface area contributed by atoms with Crippen molar-refractivity contribution in [3.63, 3.8) is 0 Å². The molecule has 5 heteroatoms. The first-order chi connectivity index (χ1) is 11.2. The molecule has 0 fully saturated rings. The van der Waals surface area contributed by atoms with Gasteiger partial charge in [-0.1, -0.05) is 31.2 Å². The van der Waals surface area contributed by atoms with Gasteiger partial charge in [0.1, 0.15) is 0 Å². The normalized spacial score (nSPS) is 15.3. The third-order valence-corrected chi connectivity index (χ3v) is 5.37. The van der Waals surface area contributed by atoms with Crippen molar-refractivity contribution < 1.29 is 4.79 Å². The van der Waals surface area contributed by atoms with Crippen LogP contribution in [-0.4, -0.2) is 28.9 Å². The second kappa shape index (κ2) is 7.23. The molecule has 0 bridgehead atoms. The molecule has 1 aliphatic rings. The Hall–Kier alpha value is -1.72. The number of benzene rings is 1. The Morgan fingerprint density at radius 1 is 1.39 bits per heavy atom. The molecule has 1 aromatic carbocycles. The van der Waals surface area contributed by atoms with Gasteiger partial charge in [-0.25, -0.2) is 4.98 Å². The Kier molecular flexibility index (Phi) is 5.08. The topological polar surface area (TPSA) is 45.2 Å². The first-order valence-corrected chi connectivity index (χ1v) is 9.07. The minimum atomic E-state index is 0.104. The Morgan fingerprint density at radius 2 is 2.17 bits per heavy atom. The maximum Gasteiger partial charge on any atom is 0.236 e. The van der Waals surface area contributed by atoms with Gasteiger partial charge in [0, 0.05) is 24.5 Å². The molecule has 1 amide bonds. The van der Waals surface area contributed by atoms with Gasteiger partial charge in [0.05, 0.1) is 17.2 Å². The van der Waals surface area contributed by atoms with E-state index >= 15 is 0 Å². The fourth-order valence-electron chi connectivity index (χ4n) is 2.85. The fraction of sp³-hybridized carbons (Fsp3) is 0.444. The molecular formula is C18H23N3OS. The van der Waals surface area contributed by atoms with Crippen LogP contribution in [0.25, 0.3) is 0 Å². The summed E-state index contributed by atoms with van der Waals surface area (Å²) in [7, 11) is 0. The molecule has 1 atom stereocenters. The van der Waals surface area contributed by atoms with Crippen LogP contribution in [0.4, 0.5) is 0 Å². The zero-order valence-corrected chi connectivity index (χ0v) is 14.5. The molecular weight excluding hydrogens is 306 g/mol. The Bertz CT molecular complexity index is 682. The first-order valence-electron chi connectivity index (χ1n) is 8.19. The lowest BCUT2D eigenvalue weighted by atomic mass is 10.00. The molecule has 2 aromatic rings. The Morgan fingerprint density at radius 3 is 2.91 bits per heavy atom. The summed E-state index contributed by atoms with van der Waals surface area (Å²) in [5.74, 6) is 0.164. The zero-order valence-electron chi connectivity index (χ0n) is 13.7. The smallest absolute Gasteiger partial charge is 0.236 e. The third-order valence-electron chi connectivity index (χ3n) is 4.36. The number of thiazole rings is 1. The molecule has 0 saturated carbocycles. The number of aromatic nitrogens is 1. The predicted octanol–water partition coefficient (Wildman–Crippen LogP) is 2.94.